The Labute approximate surface area is 75.9 Å². The van der Waals surface area contributed by atoms with Crippen molar-refractivity contribution in [1.82, 2.24) is 0 Å². The van der Waals surface area contributed by atoms with E-state index in [1.807, 2.05) is 12.2 Å². The van der Waals surface area contributed by atoms with Gasteiger partial charge in [-0.3, -0.25) is 4.99 Å². The second kappa shape index (κ2) is 4.91. The van der Waals surface area contributed by atoms with Crippen LogP contribution < -0.4 is 0 Å². The zero-order chi connectivity index (χ0) is 9.61. The van der Waals surface area contributed by atoms with Gasteiger partial charge in [-0.05, 0) is 18.4 Å². The normalized spacial score (nSPS) is 14.9. The van der Waals surface area contributed by atoms with Crippen molar-refractivity contribution in [1.29, 1.82) is 0 Å². The van der Waals surface area contributed by atoms with Crippen LogP contribution in [0.25, 0.3) is 0 Å². The third kappa shape index (κ3) is 4.89. The number of allylic oxidation sites excluding steroid dienone is 4. The summed E-state index contributed by atoms with van der Waals surface area (Å²) in [5.74, 6) is 0. The standard InChI is InChI=1S/C11H19N/c1-10(11(2,3)4)8-6-7-9-12-5/h6-9H,1-5H3/b7-6-,10-8+,12-9-. The fraction of sp³-hybridized carbons (Fsp3) is 0.545. The zero-order valence-electron chi connectivity index (χ0n) is 8.76. The molecule has 0 rings (SSSR count). The van der Waals surface area contributed by atoms with Crippen molar-refractivity contribution in [2.45, 2.75) is 27.7 Å². The van der Waals surface area contributed by atoms with Gasteiger partial charge >= 0.3 is 0 Å². The van der Waals surface area contributed by atoms with E-state index in [1.54, 1.807) is 13.3 Å². The quantitative estimate of drug-likeness (QED) is 0.440. The summed E-state index contributed by atoms with van der Waals surface area (Å²) in [5, 5.41) is 0. The third-order valence-electron chi connectivity index (χ3n) is 1.88. The molecule has 0 amide bonds. The molecule has 0 N–H and O–H groups in total. The lowest BCUT2D eigenvalue weighted by Crippen LogP contribution is -2.05. The Morgan fingerprint density at radius 3 is 2.17 bits per heavy atom. The summed E-state index contributed by atoms with van der Waals surface area (Å²) in [6.45, 7) is 8.77. The van der Waals surface area contributed by atoms with Crippen molar-refractivity contribution >= 4 is 6.21 Å². The van der Waals surface area contributed by atoms with Gasteiger partial charge in [-0.1, -0.05) is 38.5 Å². The van der Waals surface area contributed by atoms with Gasteiger partial charge in [0.2, 0.25) is 0 Å². The molecular weight excluding hydrogens is 146 g/mol. The summed E-state index contributed by atoms with van der Waals surface area (Å²) < 4.78 is 0. The lowest BCUT2D eigenvalue weighted by Gasteiger charge is -2.18. The summed E-state index contributed by atoms with van der Waals surface area (Å²) in [6.07, 6.45) is 7.87. The van der Waals surface area contributed by atoms with E-state index in [2.05, 4.69) is 38.8 Å². The first-order valence-corrected chi connectivity index (χ1v) is 4.24. The fourth-order valence-electron chi connectivity index (χ4n) is 0.586. The number of hydrogen-bond donors (Lipinski definition) is 0. The SMILES string of the molecule is C\N=C/C=C\C=C(/C)C(C)(C)C. The van der Waals surface area contributed by atoms with Gasteiger partial charge in [0.1, 0.15) is 0 Å². The Kier molecular flexibility index (Phi) is 4.57. The minimum absolute atomic E-state index is 0.272. The minimum Gasteiger partial charge on any atom is -0.297 e. The van der Waals surface area contributed by atoms with Gasteiger partial charge in [0.25, 0.3) is 0 Å². The second-order valence-corrected chi connectivity index (χ2v) is 3.89. The first-order valence-electron chi connectivity index (χ1n) is 4.24. The van der Waals surface area contributed by atoms with E-state index in [0.29, 0.717) is 0 Å². The third-order valence-corrected chi connectivity index (χ3v) is 1.88. The molecule has 0 aliphatic rings. The van der Waals surface area contributed by atoms with Gasteiger partial charge < -0.3 is 0 Å². The van der Waals surface area contributed by atoms with Crippen LogP contribution in [0.3, 0.4) is 0 Å². The van der Waals surface area contributed by atoms with E-state index < -0.39 is 0 Å². The van der Waals surface area contributed by atoms with Crippen LogP contribution in [-0.2, 0) is 0 Å². The summed E-state index contributed by atoms with van der Waals surface area (Å²) in [5.41, 5.74) is 1.65. The smallest absolute Gasteiger partial charge is 0.0277 e. The average molecular weight is 165 g/mol. The van der Waals surface area contributed by atoms with Crippen molar-refractivity contribution in [3.8, 4) is 0 Å². The molecule has 68 valence electrons. The molecule has 0 aliphatic carbocycles. The molecule has 0 radical (unpaired) electrons. The molecule has 12 heavy (non-hydrogen) atoms. The van der Waals surface area contributed by atoms with Crippen molar-refractivity contribution in [3.05, 3.63) is 23.8 Å². The van der Waals surface area contributed by atoms with Crippen LogP contribution in [0.4, 0.5) is 0 Å². The molecular formula is C11H19N. The van der Waals surface area contributed by atoms with Gasteiger partial charge in [0.15, 0.2) is 0 Å². The number of rotatable bonds is 2. The Hall–Kier alpha value is -0.850. The maximum absolute atomic E-state index is 3.85. The molecule has 0 aromatic rings. The molecule has 0 spiro atoms. The van der Waals surface area contributed by atoms with Gasteiger partial charge in [-0.25, -0.2) is 0 Å². The van der Waals surface area contributed by atoms with Crippen LogP contribution in [0.15, 0.2) is 28.8 Å². The molecule has 0 aliphatic heterocycles. The van der Waals surface area contributed by atoms with Crippen molar-refractivity contribution in [2.75, 3.05) is 7.05 Å². The molecule has 0 atom stereocenters. The second-order valence-electron chi connectivity index (χ2n) is 3.89. The van der Waals surface area contributed by atoms with Crippen molar-refractivity contribution in [2.24, 2.45) is 10.4 Å². The Morgan fingerprint density at radius 2 is 1.75 bits per heavy atom. The number of hydrogen-bond acceptors (Lipinski definition) is 1. The molecule has 0 aromatic heterocycles. The first-order chi connectivity index (χ1) is 5.48. The predicted molar refractivity (Wildman–Crippen MR) is 56.8 cm³/mol. The van der Waals surface area contributed by atoms with Crippen LogP contribution in [-0.4, -0.2) is 13.3 Å². The van der Waals surface area contributed by atoms with Gasteiger partial charge in [0.05, 0.1) is 0 Å². The molecule has 1 heteroatoms. The van der Waals surface area contributed by atoms with E-state index in [0.717, 1.165) is 0 Å². The maximum atomic E-state index is 3.85. The topological polar surface area (TPSA) is 12.4 Å². The Bertz CT molecular complexity index is 202. The van der Waals surface area contributed by atoms with E-state index in [1.165, 1.54) is 5.57 Å². The van der Waals surface area contributed by atoms with Gasteiger partial charge in [-0.15, -0.1) is 0 Å². The molecule has 1 nitrogen and oxygen atoms in total. The van der Waals surface area contributed by atoms with E-state index in [9.17, 15) is 0 Å². The highest BCUT2D eigenvalue weighted by molar-refractivity contribution is 5.71. The lowest BCUT2D eigenvalue weighted by molar-refractivity contribution is 0.504. The molecule has 0 aromatic carbocycles. The molecule has 0 bridgehead atoms. The molecule has 0 saturated heterocycles. The molecule has 0 saturated carbocycles. The molecule has 0 unspecified atom stereocenters. The van der Waals surface area contributed by atoms with E-state index in [4.69, 9.17) is 0 Å². The number of nitrogens with zero attached hydrogens (tertiary/aromatic N) is 1. The minimum atomic E-state index is 0.272. The fourth-order valence-corrected chi connectivity index (χ4v) is 0.586. The van der Waals surface area contributed by atoms with Crippen LogP contribution in [0.2, 0.25) is 0 Å². The zero-order valence-corrected chi connectivity index (χ0v) is 8.76. The maximum Gasteiger partial charge on any atom is 0.0277 e. The van der Waals surface area contributed by atoms with Gasteiger partial charge in [0, 0.05) is 13.3 Å². The summed E-state index contributed by atoms with van der Waals surface area (Å²) in [4.78, 5) is 3.85. The number of aliphatic imine (C=N–C) groups is 1. The highest BCUT2D eigenvalue weighted by Gasteiger charge is 2.10. The van der Waals surface area contributed by atoms with Gasteiger partial charge in [-0.2, -0.15) is 0 Å². The predicted octanol–water partition coefficient (Wildman–Crippen LogP) is 3.24. The molecule has 0 fully saturated rings. The highest BCUT2D eigenvalue weighted by Crippen LogP contribution is 2.23. The van der Waals surface area contributed by atoms with Crippen LogP contribution in [0.5, 0.6) is 0 Å². The lowest BCUT2D eigenvalue weighted by atomic mass is 9.87. The van der Waals surface area contributed by atoms with E-state index >= 15 is 0 Å². The van der Waals surface area contributed by atoms with Crippen molar-refractivity contribution in [3.63, 3.8) is 0 Å². The largest absolute Gasteiger partial charge is 0.297 e. The summed E-state index contributed by atoms with van der Waals surface area (Å²) in [6, 6.07) is 0. The molecule has 0 heterocycles. The van der Waals surface area contributed by atoms with Crippen molar-refractivity contribution < 1.29 is 0 Å². The average Bonchev–Trinajstić information content (AvgIpc) is 1.96. The van der Waals surface area contributed by atoms with E-state index in [-0.39, 0.29) is 5.41 Å². The van der Waals surface area contributed by atoms with Crippen LogP contribution in [0.1, 0.15) is 27.7 Å². The summed E-state index contributed by atoms with van der Waals surface area (Å²) in [7, 11) is 1.77. The summed E-state index contributed by atoms with van der Waals surface area (Å²) >= 11 is 0. The Balaban J connectivity index is 4.19. The Morgan fingerprint density at radius 1 is 1.17 bits per heavy atom. The van der Waals surface area contributed by atoms with Crippen LogP contribution in [0, 0.1) is 5.41 Å². The first kappa shape index (κ1) is 11.2. The highest BCUT2D eigenvalue weighted by atomic mass is 14.6. The van der Waals surface area contributed by atoms with Crippen LogP contribution >= 0.6 is 0 Å². The monoisotopic (exact) mass is 165 g/mol.